The summed E-state index contributed by atoms with van der Waals surface area (Å²) in [5, 5.41) is 14.2. The Kier molecular flexibility index (Phi) is 5.21. The molecule has 1 unspecified atom stereocenters. The zero-order valence-corrected chi connectivity index (χ0v) is 11.2. The minimum absolute atomic E-state index is 0.269. The van der Waals surface area contributed by atoms with E-state index >= 15 is 0 Å². The molecule has 1 fully saturated rings. The predicted octanol–water partition coefficient (Wildman–Crippen LogP) is 1.72. The second-order valence-corrected chi connectivity index (χ2v) is 5.45. The molecule has 1 aliphatic carbocycles. The van der Waals surface area contributed by atoms with E-state index in [1.54, 1.807) is 11.3 Å². The van der Waals surface area contributed by atoms with E-state index in [1.807, 2.05) is 0 Å². The van der Waals surface area contributed by atoms with E-state index < -0.39 is 6.10 Å². The Morgan fingerprint density at radius 3 is 3.06 bits per heavy atom. The maximum atomic E-state index is 9.92. The van der Waals surface area contributed by atoms with Crippen molar-refractivity contribution in [3.8, 4) is 12.3 Å². The molecule has 18 heavy (non-hydrogen) atoms. The fraction of sp³-hybridized carbons (Fsp3) is 0.571. The number of hydrogen-bond donors (Lipinski definition) is 1. The second-order valence-electron chi connectivity index (χ2n) is 4.67. The smallest absolute Gasteiger partial charge is 0.107 e. The van der Waals surface area contributed by atoms with Crippen molar-refractivity contribution in [1.29, 1.82) is 0 Å². The van der Waals surface area contributed by atoms with Crippen molar-refractivity contribution >= 4 is 11.3 Å². The molecule has 1 N–H and O–H groups in total. The molecule has 0 amide bonds. The molecular formula is C14H19NO2S. The van der Waals surface area contributed by atoms with E-state index in [-0.39, 0.29) is 6.61 Å². The molecule has 1 aliphatic rings. The molecule has 3 nitrogen and oxygen atoms in total. The van der Waals surface area contributed by atoms with Gasteiger partial charge in [0.25, 0.3) is 0 Å². The molecule has 0 saturated heterocycles. The lowest BCUT2D eigenvalue weighted by Crippen LogP contribution is -2.36. The fourth-order valence-electron chi connectivity index (χ4n) is 1.98. The van der Waals surface area contributed by atoms with Crippen LogP contribution in [-0.4, -0.2) is 41.9 Å². The SMILES string of the molecule is C#CCOCC(O)CN(Cc1ccsc1)C1CC1. The van der Waals surface area contributed by atoms with Gasteiger partial charge < -0.3 is 9.84 Å². The Morgan fingerprint density at radius 1 is 1.61 bits per heavy atom. The molecule has 2 rings (SSSR count). The Bertz CT molecular complexity index is 381. The van der Waals surface area contributed by atoms with Crippen LogP contribution in [0.15, 0.2) is 16.8 Å². The van der Waals surface area contributed by atoms with Crippen molar-refractivity contribution < 1.29 is 9.84 Å². The lowest BCUT2D eigenvalue weighted by atomic mass is 10.2. The van der Waals surface area contributed by atoms with Crippen LogP contribution in [0.4, 0.5) is 0 Å². The van der Waals surface area contributed by atoms with Crippen molar-refractivity contribution in [2.75, 3.05) is 19.8 Å². The zero-order chi connectivity index (χ0) is 12.8. The van der Waals surface area contributed by atoms with E-state index in [0.29, 0.717) is 19.2 Å². The number of aliphatic hydroxyl groups excluding tert-OH is 1. The van der Waals surface area contributed by atoms with E-state index in [9.17, 15) is 5.11 Å². The van der Waals surface area contributed by atoms with E-state index in [1.165, 1.54) is 18.4 Å². The summed E-state index contributed by atoms with van der Waals surface area (Å²) in [6.45, 7) is 2.16. The Labute approximate surface area is 112 Å². The summed E-state index contributed by atoms with van der Waals surface area (Å²) in [6, 6.07) is 2.77. The first-order chi connectivity index (χ1) is 8.79. The molecule has 98 valence electrons. The van der Waals surface area contributed by atoms with Crippen LogP contribution < -0.4 is 0 Å². The van der Waals surface area contributed by atoms with E-state index in [0.717, 1.165) is 6.54 Å². The lowest BCUT2D eigenvalue weighted by molar-refractivity contribution is 0.0242. The van der Waals surface area contributed by atoms with Gasteiger partial charge in [-0.15, -0.1) is 6.42 Å². The molecule has 1 atom stereocenters. The third kappa shape index (κ3) is 4.43. The topological polar surface area (TPSA) is 32.7 Å². The van der Waals surface area contributed by atoms with Crippen LogP contribution >= 0.6 is 11.3 Å². The molecular weight excluding hydrogens is 246 g/mol. The maximum Gasteiger partial charge on any atom is 0.107 e. The highest BCUT2D eigenvalue weighted by atomic mass is 32.1. The van der Waals surface area contributed by atoms with Crippen LogP contribution in [0, 0.1) is 12.3 Å². The summed E-state index contributed by atoms with van der Waals surface area (Å²) in [4.78, 5) is 2.34. The second kappa shape index (κ2) is 6.91. The van der Waals surface area contributed by atoms with Gasteiger partial charge in [0, 0.05) is 19.1 Å². The molecule has 1 saturated carbocycles. The van der Waals surface area contributed by atoms with Gasteiger partial charge in [-0.3, -0.25) is 4.90 Å². The average molecular weight is 265 g/mol. The quantitative estimate of drug-likeness (QED) is 0.574. The summed E-state index contributed by atoms with van der Waals surface area (Å²) in [6.07, 6.45) is 7.11. The average Bonchev–Trinajstić information content (AvgIpc) is 3.08. The van der Waals surface area contributed by atoms with Crippen molar-refractivity contribution in [2.24, 2.45) is 0 Å². The lowest BCUT2D eigenvalue weighted by Gasteiger charge is -2.24. The first-order valence-electron chi connectivity index (χ1n) is 6.24. The van der Waals surface area contributed by atoms with Crippen LogP contribution in [0.3, 0.4) is 0 Å². The van der Waals surface area contributed by atoms with Crippen molar-refractivity contribution in [3.05, 3.63) is 22.4 Å². The van der Waals surface area contributed by atoms with Crippen LogP contribution in [-0.2, 0) is 11.3 Å². The number of terminal acetylenes is 1. The van der Waals surface area contributed by atoms with Crippen LogP contribution in [0.25, 0.3) is 0 Å². The Morgan fingerprint density at radius 2 is 2.44 bits per heavy atom. The molecule has 1 heterocycles. The molecule has 0 radical (unpaired) electrons. The van der Waals surface area contributed by atoms with E-state index in [4.69, 9.17) is 11.2 Å². The van der Waals surface area contributed by atoms with Gasteiger partial charge in [-0.25, -0.2) is 0 Å². The summed E-state index contributed by atoms with van der Waals surface area (Å²) in [5.41, 5.74) is 1.32. The first-order valence-corrected chi connectivity index (χ1v) is 7.18. The van der Waals surface area contributed by atoms with Gasteiger partial charge in [0.2, 0.25) is 0 Å². The van der Waals surface area contributed by atoms with Crippen LogP contribution in [0.5, 0.6) is 0 Å². The predicted molar refractivity (Wildman–Crippen MR) is 73.4 cm³/mol. The van der Waals surface area contributed by atoms with Gasteiger partial charge >= 0.3 is 0 Å². The normalized spacial score (nSPS) is 16.7. The largest absolute Gasteiger partial charge is 0.389 e. The highest BCUT2D eigenvalue weighted by molar-refractivity contribution is 7.07. The molecule has 0 bridgehead atoms. The number of ether oxygens (including phenoxy) is 1. The van der Waals surface area contributed by atoms with E-state index in [2.05, 4.69) is 27.6 Å². The van der Waals surface area contributed by atoms with Crippen LogP contribution in [0.2, 0.25) is 0 Å². The molecule has 1 aromatic heterocycles. The van der Waals surface area contributed by atoms with Gasteiger partial charge in [0.05, 0.1) is 12.7 Å². The van der Waals surface area contributed by atoms with Gasteiger partial charge in [-0.2, -0.15) is 11.3 Å². The number of hydrogen-bond acceptors (Lipinski definition) is 4. The maximum absolute atomic E-state index is 9.92. The molecule has 4 heteroatoms. The zero-order valence-electron chi connectivity index (χ0n) is 10.4. The summed E-state index contributed by atoms with van der Waals surface area (Å²) in [5.74, 6) is 2.40. The molecule has 1 aromatic rings. The number of rotatable bonds is 8. The van der Waals surface area contributed by atoms with Crippen molar-refractivity contribution in [2.45, 2.75) is 31.5 Å². The van der Waals surface area contributed by atoms with Crippen molar-refractivity contribution in [1.82, 2.24) is 4.90 Å². The first kappa shape index (κ1) is 13.6. The molecule has 0 aromatic carbocycles. The highest BCUT2D eigenvalue weighted by Gasteiger charge is 2.30. The third-order valence-electron chi connectivity index (χ3n) is 2.97. The summed E-state index contributed by atoms with van der Waals surface area (Å²) >= 11 is 1.71. The number of aliphatic hydroxyl groups is 1. The number of thiophene rings is 1. The molecule has 0 spiro atoms. The Hall–Kier alpha value is -0.860. The van der Waals surface area contributed by atoms with Gasteiger partial charge in [-0.05, 0) is 35.2 Å². The standard InChI is InChI=1S/C14H19NO2S/c1-2-6-17-10-14(16)9-15(13-3-4-13)8-12-5-7-18-11-12/h1,5,7,11,13-14,16H,3-4,6,8-10H2. The van der Waals surface area contributed by atoms with Gasteiger partial charge in [0.15, 0.2) is 0 Å². The van der Waals surface area contributed by atoms with Gasteiger partial charge in [0.1, 0.15) is 6.61 Å². The minimum atomic E-state index is -0.461. The van der Waals surface area contributed by atoms with Crippen molar-refractivity contribution in [3.63, 3.8) is 0 Å². The number of nitrogens with zero attached hydrogens (tertiary/aromatic N) is 1. The van der Waals surface area contributed by atoms with Crippen LogP contribution in [0.1, 0.15) is 18.4 Å². The fourth-order valence-corrected chi connectivity index (χ4v) is 2.64. The summed E-state index contributed by atoms with van der Waals surface area (Å²) < 4.78 is 5.17. The van der Waals surface area contributed by atoms with Gasteiger partial charge in [-0.1, -0.05) is 5.92 Å². The monoisotopic (exact) mass is 265 g/mol. The molecule has 0 aliphatic heterocycles. The highest BCUT2D eigenvalue weighted by Crippen LogP contribution is 2.28. The Balaban J connectivity index is 1.77. The third-order valence-corrected chi connectivity index (χ3v) is 3.70. The minimum Gasteiger partial charge on any atom is -0.389 e. The summed E-state index contributed by atoms with van der Waals surface area (Å²) in [7, 11) is 0.